The number of carbonyl (C=O) groups is 3. The van der Waals surface area contributed by atoms with Gasteiger partial charge in [-0.05, 0) is 33.1 Å². The summed E-state index contributed by atoms with van der Waals surface area (Å²) >= 11 is 1.34. The number of anilines is 1. The summed E-state index contributed by atoms with van der Waals surface area (Å²) in [6, 6.07) is 0. The van der Waals surface area contributed by atoms with Crippen molar-refractivity contribution in [1.82, 2.24) is 14.9 Å². The van der Waals surface area contributed by atoms with Crippen molar-refractivity contribution in [3.05, 3.63) is 28.2 Å². The summed E-state index contributed by atoms with van der Waals surface area (Å²) in [7, 11) is 4.54. The Balaban J connectivity index is 2.70. The predicted octanol–water partition coefficient (Wildman–Crippen LogP) is 4.09. The molecule has 1 rings (SSSR count). The molecular formula is C23H36N4O5S3. The molecule has 12 heteroatoms. The monoisotopic (exact) mass is 544 g/mol. The Hall–Kier alpha value is -1.76. The SMILES string of the molecule is COC(=O)CCCCC(CCSS/C(CCO)=C(\C)N(C=O)Cc1cnc(C)nc1N)SC(C)=O. The minimum atomic E-state index is -0.215. The van der Waals surface area contributed by atoms with Crippen molar-refractivity contribution >= 4 is 56.7 Å². The van der Waals surface area contributed by atoms with Crippen LogP contribution in [0.2, 0.25) is 0 Å². The molecule has 9 nitrogen and oxygen atoms in total. The number of esters is 1. The van der Waals surface area contributed by atoms with Gasteiger partial charge < -0.3 is 20.5 Å². The molecule has 1 unspecified atom stereocenters. The van der Waals surface area contributed by atoms with Gasteiger partial charge in [-0.1, -0.05) is 39.8 Å². The number of nitrogens with zero attached hydrogens (tertiary/aromatic N) is 3. The van der Waals surface area contributed by atoms with E-state index in [4.69, 9.17) is 5.73 Å². The Kier molecular flexibility index (Phi) is 15.8. The number of aliphatic hydroxyl groups is 1. The second kappa shape index (κ2) is 17.6. The van der Waals surface area contributed by atoms with Gasteiger partial charge in [0.1, 0.15) is 11.6 Å². The van der Waals surface area contributed by atoms with E-state index in [9.17, 15) is 19.5 Å². The first-order chi connectivity index (χ1) is 16.7. The van der Waals surface area contributed by atoms with Crippen LogP contribution in [0, 0.1) is 6.92 Å². The zero-order chi connectivity index (χ0) is 26.2. The number of allylic oxidation sites excluding steroid dienone is 1. The van der Waals surface area contributed by atoms with E-state index >= 15 is 0 Å². The van der Waals surface area contributed by atoms with Crippen molar-refractivity contribution in [2.75, 3.05) is 25.2 Å². The van der Waals surface area contributed by atoms with E-state index in [1.54, 1.807) is 35.7 Å². The van der Waals surface area contributed by atoms with E-state index in [-0.39, 0.29) is 29.5 Å². The second-order valence-corrected chi connectivity index (χ2v) is 11.8. The lowest BCUT2D eigenvalue weighted by molar-refractivity contribution is -0.140. The third kappa shape index (κ3) is 12.7. The second-order valence-electron chi connectivity index (χ2n) is 7.79. The molecule has 196 valence electrons. The van der Waals surface area contributed by atoms with Gasteiger partial charge in [0.15, 0.2) is 5.12 Å². The summed E-state index contributed by atoms with van der Waals surface area (Å²) in [5.74, 6) is 1.49. The fourth-order valence-corrected chi connectivity index (χ4v) is 6.86. The fraction of sp³-hybridized carbons (Fsp3) is 0.609. The summed E-state index contributed by atoms with van der Waals surface area (Å²) in [5.41, 5.74) is 7.37. The molecular weight excluding hydrogens is 508 g/mol. The number of rotatable bonds is 17. The number of hydrogen-bond acceptors (Lipinski definition) is 11. The fourth-order valence-electron chi connectivity index (χ4n) is 3.13. The highest BCUT2D eigenvalue weighted by Crippen LogP contribution is 2.37. The summed E-state index contributed by atoms with van der Waals surface area (Å²) < 4.78 is 4.67. The van der Waals surface area contributed by atoms with Crippen LogP contribution in [0.3, 0.4) is 0 Å². The maximum Gasteiger partial charge on any atom is 0.305 e. The summed E-state index contributed by atoms with van der Waals surface area (Å²) in [6.45, 7) is 5.36. The van der Waals surface area contributed by atoms with Crippen LogP contribution in [-0.4, -0.2) is 62.2 Å². The van der Waals surface area contributed by atoms with E-state index in [2.05, 4.69) is 14.7 Å². The summed E-state index contributed by atoms with van der Waals surface area (Å²) in [6.07, 6.45) is 6.45. The predicted molar refractivity (Wildman–Crippen MR) is 144 cm³/mol. The minimum absolute atomic E-state index is 0.0360. The van der Waals surface area contributed by atoms with Crippen LogP contribution in [0.5, 0.6) is 0 Å². The molecule has 0 saturated heterocycles. The highest BCUT2D eigenvalue weighted by Gasteiger charge is 2.16. The largest absolute Gasteiger partial charge is 0.469 e. The number of carbonyl (C=O) groups excluding carboxylic acids is 3. The molecule has 0 fully saturated rings. The molecule has 1 atom stereocenters. The molecule has 1 aromatic heterocycles. The van der Waals surface area contributed by atoms with E-state index < -0.39 is 0 Å². The number of amides is 1. The van der Waals surface area contributed by atoms with Crippen LogP contribution >= 0.6 is 33.3 Å². The first-order valence-electron chi connectivity index (χ1n) is 11.4. The number of unbranched alkanes of at least 4 members (excludes halogenated alkanes) is 1. The van der Waals surface area contributed by atoms with Crippen LogP contribution in [0.25, 0.3) is 0 Å². The Morgan fingerprint density at radius 1 is 1.26 bits per heavy atom. The molecule has 0 aromatic carbocycles. The lowest BCUT2D eigenvalue weighted by Crippen LogP contribution is -2.21. The zero-order valence-corrected chi connectivity index (χ0v) is 23.3. The van der Waals surface area contributed by atoms with Crippen molar-refractivity contribution in [3.63, 3.8) is 0 Å². The number of ether oxygens (including phenoxy) is 1. The molecule has 35 heavy (non-hydrogen) atoms. The van der Waals surface area contributed by atoms with Gasteiger partial charge in [0, 0.05) is 59.7 Å². The highest BCUT2D eigenvalue weighted by molar-refractivity contribution is 8.78. The van der Waals surface area contributed by atoms with E-state index in [1.807, 2.05) is 6.92 Å². The van der Waals surface area contributed by atoms with Gasteiger partial charge >= 0.3 is 5.97 Å². The average Bonchev–Trinajstić information content (AvgIpc) is 2.82. The lowest BCUT2D eigenvalue weighted by Gasteiger charge is -2.22. The average molecular weight is 545 g/mol. The maximum atomic E-state index is 11.8. The molecule has 0 spiro atoms. The minimum Gasteiger partial charge on any atom is -0.469 e. The van der Waals surface area contributed by atoms with E-state index in [0.717, 1.165) is 48.4 Å². The molecule has 0 bridgehead atoms. The van der Waals surface area contributed by atoms with Crippen LogP contribution in [0.15, 0.2) is 16.8 Å². The summed E-state index contributed by atoms with van der Waals surface area (Å²) in [5, 5.41) is 9.81. The molecule has 3 N–H and O–H groups in total. The number of aryl methyl sites for hydroxylation is 1. The van der Waals surface area contributed by atoms with Crippen LogP contribution in [0.4, 0.5) is 5.82 Å². The van der Waals surface area contributed by atoms with Crippen molar-refractivity contribution in [1.29, 1.82) is 0 Å². The van der Waals surface area contributed by atoms with Gasteiger partial charge in [-0.25, -0.2) is 9.97 Å². The standard InChI is InChI=1S/C23H36N4O5S3/c1-16(27(15-29)14-19-13-25-17(2)26-23(19)24)21(9-11-28)35-33-12-10-20(34-18(3)30)7-5-6-8-22(31)32-4/h13,15,20,28H,5-12,14H2,1-4H3,(H2,24,25,26)/b21-16+. The number of methoxy groups -OCH3 is 1. The highest BCUT2D eigenvalue weighted by atomic mass is 33.1. The topological polar surface area (TPSA) is 136 Å². The summed E-state index contributed by atoms with van der Waals surface area (Å²) in [4.78, 5) is 45.5. The molecule has 0 aliphatic heterocycles. The number of aromatic nitrogens is 2. The third-order valence-corrected chi connectivity index (χ3v) is 8.87. The Labute approximate surface area is 219 Å². The molecule has 0 saturated carbocycles. The van der Waals surface area contributed by atoms with Gasteiger partial charge in [-0.15, -0.1) is 0 Å². The van der Waals surface area contributed by atoms with Crippen LogP contribution in [-0.2, 0) is 25.7 Å². The van der Waals surface area contributed by atoms with Crippen molar-refractivity contribution < 1.29 is 24.2 Å². The first-order valence-corrected chi connectivity index (χ1v) is 14.6. The van der Waals surface area contributed by atoms with Gasteiger partial charge in [-0.3, -0.25) is 14.4 Å². The molecule has 1 heterocycles. The molecule has 1 amide bonds. The van der Waals surface area contributed by atoms with Crippen molar-refractivity contribution in [2.45, 2.75) is 71.1 Å². The molecule has 0 radical (unpaired) electrons. The van der Waals surface area contributed by atoms with Gasteiger partial charge in [0.05, 0.1) is 13.7 Å². The smallest absolute Gasteiger partial charge is 0.305 e. The number of nitrogens with two attached hydrogens (primary N) is 1. The van der Waals surface area contributed by atoms with E-state index in [1.165, 1.54) is 29.7 Å². The van der Waals surface area contributed by atoms with Gasteiger partial charge in [0.2, 0.25) is 6.41 Å². The number of nitrogen functional groups attached to an aromatic ring is 1. The maximum absolute atomic E-state index is 11.8. The van der Waals surface area contributed by atoms with Crippen LogP contribution in [0.1, 0.15) is 63.8 Å². The Bertz CT molecular complexity index is 870. The lowest BCUT2D eigenvalue weighted by atomic mass is 10.1. The quantitative estimate of drug-likeness (QED) is 0.127. The Morgan fingerprint density at radius 3 is 2.60 bits per heavy atom. The third-order valence-electron chi connectivity index (χ3n) is 5.06. The molecule has 1 aromatic rings. The van der Waals surface area contributed by atoms with Crippen molar-refractivity contribution in [2.24, 2.45) is 0 Å². The van der Waals surface area contributed by atoms with E-state index in [0.29, 0.717) is 30.0 Å². The Morgan fingerprint density at radius 2 is 2.00 bits per heavy atom. The number of aliphatic hydroxyl groups excluding tert-OH is 1. The first kappa shape index (κ1) is 31.3. The molecule has 0 aliphatic rings. The molecule has 0 aliphatic carbocycles. The normalized spacial score (nSPS) is 12.6. The van der Waals surface area contributed by atoms with Crippen LogP contribution < -0.4 is 5.73 Å². The van der Waals surface area contributed by atoms with Crippen molar-refractivity contribution in [3.8, 4) is 0 Å². The van der Waals surface area contributed by atoms with Gasteiger partial charge in [-0.2, -0.15) is 0 Å². The number of hydrogen-bond donors (Lipinski definition) is 2. The number of thioether (sulfide) groups is 1. The zero-order valence-electron chi connectivity index (χ0n) is 20.8. The van der Waals surface area contributed by atoms with Gasteiger partial charge in [0.25, 0.3) is 0 Å².